The topological polar surface area (TPSA) is 43.6 Å². The zero-order chi connectivity index (χ0) is 9.26. The van der Waals surface area contributed by atoms with E-state index < -0.39 is 0 Å². The van der Waals surface area contributed by atoms with E-state index in [2.05, 4.69) is 4.98 Å². The molecule has 0 spiro atoms. The molecule has 0 atom stereocenters. The quantitative estimate of drug-likeness (QED) is 0.614. The smallest absolute Gasteiger partial charge is 0.308 e. The molecule has 0 saturated heterocycles. The molecule has 13 heavy (non-hydrogen) atoms. The normalized spacial score (nSPS) is 10.2. The average molecular weight is 176 g/mol. The van der Waals surface area contributed by atoms with Crippen molar-refractivity contribution in [2.75, 3.05) is 0 Å². The molecule has 0 aliphatic heterocycles. The summed E-state index contributed by atoms with van der Waals surface area (Å²) in [4.78, 5) is 14.6. The Kier molecular flexibility index (Phi) is 1.73. The highest BCUT2D eigenvalue weighted by Crippen LogP contribution is 2.19. The maximum Gasteiger partial charge on any atom is 0.308 e. The van der Waals surface area contributed by atoms with Crippen LogP contribution in [0.2, 0.25) is 0 Å². The standard InChI is InChI=1S/C9H8N2O2/c1-7(12)13-9-2-4-11-5-3-10-6-8(9)11/h2-6H,1H3. The fourth-order valence-corrected chi connectivity index (χ4v) is 1.17. The molecule has 0 unspecified atom stereocenters. The highest BCUT2D eigenvalue weighted by atomic mass is 16.5. The van der Waals surface area contributed by atoms with Crippen molar-refractivity contribution in [1.29, 1.82) is 0 Å². The number of rotatable bonds is 1. The largest absolute Gasteiger partial charge is 0.424 e. The second-order valence-electron chi connectivity index (χ2n) is 2.64. The van der Waals surface area contributed by atoms with Crippen molar-refractivity contribution in [2.45, 2.75) is 6.92 Å². The van der Waals surface area contributed by atoms with Gasteiger partial charge in [0.25, 0.3) is 0 Å². The Balaban J connectivity index is 2.51. The second kappa shape index (κ2) is 2.90. The van der Waals surface area contributed by atoms with E-state index in [0.717, 1.165) is 5.52 Å². The van der Waals surface area contributed by atoms with E-state index in [1.165, 1.54) is 6.92 Å². The van der Waals surface area contributed by atoms with E-state index in [0.29, 0.717) is 5.75 Å². The van der Waals surface area contributed by atoms with Crippen LogP contribution in [-0.4, -0.2) is 15.4 Å². The van der Waals surface area contributed by atoms with Crippen LogP contribution in [0.4, 0.5) is 0 Å². The minimum atomic E-state index is -0.322. The molecule has 0 radical (unpaired) electrons. The van der Waals surface area contributed by atoms with E-state index >= 15 is 0 Å². The number of aromatic nitrogens is 2. The fraction of sp³-hybridized carbons (Fsp3) is 0.111. The number of carbonyl (C=O) groups excluding carboxylic acids is 1. The summed E-state index contributed by atoms with van der Waals surface area (Å²) in [7, 11) is 0. The first-order chi connectivity index (χ1) is 6.27. The Bertz CT molecular complexity index is 448. The van der Waals surface area contributed by atoms with Crippen LogP contribution in [0.1, 0.15) is 6.92 Å². The van der Waals surface area contributed by atoms with Crippen LogP contribution < -0.4 is 4.74 Å². The summed E-state index contributed by atoms with van der Waals surface area (Å²) >= 11 is 0. The van der Waals surface area contributed by atoms with Crippen molar-refractivity contribution >= 4 is 11.5 Å². The SMILES string of the molecule is CC(=O)Oc1ccn2ccncc12. The van der Waals surface area contributed by atoms with Gasteiger partial charge in [-0.3, -0.25) is 9.78 Å². The molecule has 0 aliphatic rings. The number of nitrogens with zero attached hydrogens (tertiary/aromatic N) is 2. The van der Waals surface area contributed by atoms with Crippen molar-refractivity contribution in [3.63, 3.8) is 0 Å². The number of hydrogen-bond acceptors (Lipinski definition) is 3. The van der Waals surface area contributed by atoms with Crippen LogP contribution in [0, 0.1) is 0 Å². The Morgan fingerprint density at radius 2 is 2.38 bits per heavy atom. The van der Waals surface area contributed by atoms with Gasteiger partial charge in [0, 0.05) is 25.5 Å². The predicted octanol–water partition coefficient (Wildman–Crippen LogP) is 1.26. The number of hydrogen-bond donors (Lipinski definition) is 0. The summed E-state index contributed by atoms with van der Waals surface area (Å²) in [6, 6.07) is 1.73. The number of ether oxygens (including phenoxy) is 1. The Hall–Kier alpha value is -1.84. The third kappa shape index (κ3) is 1.38. The van der Waals surface area contributed by atoms with Gasteiger partial charge in [0.2, 0.25) is 0 Å². The lowest BCUT2D eigenvalue weighted by molar-refractivity contribution is -0.131. The Morgan fingerprint density at radius 1 is 1.54 bits per heavy atom. The third-order valence-electron chi connectivity index (χ3n) is 1.68. The zero-order valence-corrected chi connectivity index (χ0v) is 7.10. The predicted molar refractivity (Wildman–Crippen MR) is 46.5 cm³/mol. The molecule has 0 bridgehead atoms. The molecule has 4 heteroatoms. The summed E-state index contributed by atoms with van der Waals surface area (Å²) in [6.45, 7) is 1.37. The van der Waals surface area contributed by atoms with Crippen LogP contribution in [0.3, 0.4) is 0 Å². The summed E-state index contributed by atoms with van der Waals surface area (Å²) in [5.41, 5.74) is 0.790. The van der Waals surface area contributed by atoms with Gasteiger partial charge < -0.3 is 9.14 Å². The summed E-state index contributed by atoms with van der Waals surface area (Å²) in [6.07, 6.45) is 6.93. The average Bonchev–Trinajstić information content (AvgIpc) is 2.48. The van der Waals surface area contributed by atoms with Gasteiger partial charge in [0.1, 0.15) is 5.52 Å². The number of fused-ring (bicyclic) bond motifs is 1. The molecule has 2 aromatic rings. The van der Waals surface area contributed by atoms with Crippen LogP contribution in [0.5, 0.6) is 5.75 Å². The number of esters is 1. The lowest BCUT2D eigenvalue weighted by Crippen LogP contribution is -2.00. The Morgan fingerprint density at radius 3 is 3.15 bits per heavy atom. The molecule has 0 aromatic carbocycles. The van der Waals surface area contributed by atoms with Crippen molar-refractivity contribution in [1.82, 2.24) is 9.38 Å². The van der Waals surface area contributed by atoms with Crippen molar-refractivity contribution in [3.8, 4) is 5.75 Å². The zero-order valence-electron chi connectivity index (χ0n) is 7.10. The molecule has 0 amide bonds. The Labute approximate surface area is 74.8 Å². The maximum atomic E-state index is 10.7. The molecule has 0 aliphatic carbocycles. The van der Waals surface area contributed by atoms with Gasteiger partial charge in [0.05, 0.1) is 6.20 Å². The maximum absolute atomic E-state index is 10.7. The fourth-order valence-electron chi connectivity index (χ4n) is 1.17. The first-order valence-corrected chi connectivity index (χ1v) is 3.86. The van der Waals surface area contributed by atoms with Crippen LogP contribution in [0.25, 0.3) is 5.52 Å². The molecule has 0 N–H and O–H groups in total. The van der Waals surface area contributed by atoms with Gasteiger partial charge in [-0.25, -0.2) is 0 Å². The van der Waals surface area contributed by atoms with E-state index in [4.69, 9.17) is 4.74 Å². The van der Waals surface area contributed by atoms with Gasteiger partial charge in [0.15, 0.2) is 5.75 Å². The van der Waals surface area contributed by atoms with Gasteiger partial charge in [-0.05, 0) is 6.07 Å². The molecular weight excluding hydrogens is 168 g/mol. The van der Waals surface area contributed by atoms with Crippen molar-refractivity contribution in [3.05, 3.63) is 30.9 Å². The molecule has 2 aromatic heterocycles. The molecule has 66 valence electrons. The lowest BCUT2D eigenvalue weighted by atomic mass is 10.5. The van der Waals surface area contributed by atoms with Gasteiger partial charge in [-0.2, -0.15) is 0 Å². The van der Waals surface area contributed by atoms with E-state index in [9.17, 15) is 4.79 Å². The van der Waals surface area contributed by atoms with Crippen LogP contribution >= 0.6 is 0 Å². The molecule has 4 nitrogen and oxygen atoms in total. The van der Waals surface area contributed by atoms with Gasteiger partial charge >= 0.3 is 5.97 Å². The van der Waals surface area contributed by atoms with Gasteiger partial charge in [-0.1, -0.05) is 0 Å². The van der Waals surface area contributed by atoms with Crippen LogP contribution in [-0.2, 0) is 4.79 Å². The molecule has 0 fully saturated rings. The minimum absolute atomic E-state index is 0.322. The monoisotopic (exact) mass is 176 g/mol. The lowest BCUT2D eigenvalue weighted by Gasteiger charge is -1.97. The summed E-state index contributed by atoms with van der Waals surface area (Å²) in [5.74, 6) is 0.220. The molecule has 2 heterocycles. The first kappa shape index (κ1) is 7.79. The van der Waals surface area contributed by atoms with Crippen molar-refractivity contribution in [2.24, 2.45) is 0 Å². The summed E-state index contributed by atoms with van der Waals surface area (Å²) in [5, 5.41) is 0. The second-order valence-corrected chi connectivity index (χ2v) is 2.64. The third-order valence-corrected chi connectivity index (χ3v) is 1.68. The van der Waals surface area contributed by atoms with E-state index in [1.807, 2.05) is 10.6 Å². The number of carbonyl (C=O) groups is 1. The highest BCUT2D eigenvalue weighted by molar-refractivity contribution is 5.73. The van der Waals surface area contributed by atoms with Crippen molar-refractivity contribution < 1.29 is 9.53 Å². The van der Waals surface area contributed by atoms with E-state index in [-0.39, 0.29) is 5.97 Å². The molecule has 2 rings (SSSR count). The molecular formula is C9H8N2O2. The molecule has 0 saturated carbocycles. The first-order valence-electron chi connectivity index (χ1n) is 3.86. The minimum Gasteiger partial charge on any atom is -0.424 e. The van der Waals surface area contributed by atoms with E-state index in [1.54, 1.807) is 24.7 Å². The van der Waals surface area contributed by atoms with Crippen LogP contribution in [0.15, 0.2) is 30.9 Å². The summed E-state index contributed by atoms with van der Waals surface area (Å²) < 4.78 is 6.81. The van der Waals surface area contributed by atoms with Gasteiger partial charge in [-0.15, -0.1) is 0 Å². The highest BCUT2D eigenvalue weighted by Gasteiger charge is 2.04.